The summed E-state index contributed by atoms with van der Waals surface area (Å²) in [4.78, 5) is 22.4. The van der Waals surface area contributed by atoms with E-state index in [2.05, 4.69) is 5.32 Å². The molecule has 0 aromatic heterocycles. The third-order valence-electron chi connectivity index (χ3n) is 3.07. The van der Waals surface area contributed by atoms with Gasteiger partial charge in [-0.1, -0.05) is 13.3 Å². The molecule has 5 heteroatoms. The number of nitrogens with two attached hydrogens (primary N) is 1. The average Bonchev–Trinajstić information content (AvgIpc) is 2.14. The van der Waals surface area contributed by atoms with Gasteiger partial charge in [0.2, 0.25) is 5.91 Å². The molecule has 1 amide bonds. The number of aliphatic carboxylic acids is 1. The highest BCUT2D eigenvalue weighted by Crippen LogP contribution is 2.31. The lowest BCUT2D eigenvalue weighted by atomic mass is 9.75. The highest BCUT2D eigenvalue weighted by Gasteiger charge is 2.35. The predicted molar refractivity (Wildman–Crippen MR) is 59.9 cm³/mol. The molecular weight excluding hydrogens is 208 g/mol. The molecule has 0 aliphatic heterocycles. The minimum absolute atomic E-state index is 0.237. The molecule has 0 aromatic rings. The van der Waals surface area contributed by atoms with Crippen molar-refractivity contribution in [2.75, 3.05) is 0 Å². The standard InChI is InChI=1S/C11H20N2O3/c1-2-4-8(10(15)16)13-9(14)7-11(12)5-3-6-11/h8H,2-7,12H2,1H3,(H,13,14)(H,15,16)/t8-/m0/s1. The summed E-state index contributed by atoms with van der Waals surface area (Å²) in [5.41, 5.74) is 5.53. The number of nitrogens with one attached hydrogen (secondary N) is 1. The van der Waals surface area contributed by atoms with Crippen molar-refractivity contribution in [3.05, 3.63) is 0 Å². The van der Waals surface area contributed by atoms with E-state index in [0.29, 0.717) is 6.42 Å². The first kappa shape index (κ1) is 13.0. The quantitative estimate of drug-likeness (QED) is 0.621. The zero-order valence-corrected chi connectivity index (χ0v) is 9.66. The van der Waals surface area contributed by atoms with E-state index in [9.17, 15) is 9.59 Å². The van der Waals surface area contributed by atoms with Gasteiger partial charge >= 0.3 is 5.97 Å². The van der Waals surface area contributed by atoms with Crippen LogP contribution in [0.2, 0.25) is 0 Å². The van der Waals surface area contributed by atoms with E-state index in [1.54, 1.807) is 0 Å². The Labute approximate surface area is 95.4 Å². The van der Waals surface area contributed by atoms with Gasteiger partial charge in [-0.3, -0.25) is 4.79 Å². The second-order valence-electron chi connectivity index (χ2n) is 4.64. The molecule has 0 spiro atoms. The number of carbonyl (C=O) groups is 2. The first-order chi connectivity index (χ1) is 7.47. The summed E-state index contributed by atoms with van der Waals surface area (Å²) in [7, 11) is 0. The van der Waals surface area contributed by atoms with E-state index in [1.807, 2.05) is 6.92 Å². The normalized spacial score (nSPS) is 19.6. The van der Waals surface area contributed by atoms with Gasteiger partial charge in [0.05, 0.1) is 0 Å². The lowest BCUT2D eigenvalue weighted by molar-refractivity contribution is -0.142. The van der Waals surface area contributed by atoms with Crippen LogP contribution in [-0.4, -0.2) is 28.6 Å². The summed E-state index contributed by atoms with van der Waals surface area (Å²) < 4.78 is 0. The number of carboxylic acids is 1. The Morgan fingerprint density at radius 2 is 2.12 bits per heavy atom. The number of hydrogen-bond acceptors (Lipinski definition) is 3. The molecule has 1 rings (SSSR count). The monoisotopic (exact) mass is 228 g/mol. The minimum atomic E-state index is -0.977. The molecule has 1 aliphatic carbocycles. The minimum Gasteiger partial charge on any atom is -0.480 e. The van der Waals surface area contributed by atoms with Crippen LogP contribution < -0.4 is 11.1 Å². The molecule has 0 bridgehead atoms. The molecule has 16 heavy (non-hydrogen) atoms. The maximum absolute atomic E-state index is 11.6. The summed E-state index contributed by atoms with van der Waals surface area (Å²) in [6, 6.07) is -0.777. The maximum Gasteiger partial charge on any atom is 0.326 e. The topological polar surface area (TPSA) is 92.4 Å². The van der Waals surface area contributed by atoms with Crippen molar-refractivity contribution in [1.29, 1.82) is 0 Å². The fourth-order valence-corrected chi connectivity index (χ4v) is 1.92. The molecule has 5 nitrogen and oxygen atoms in total. The van der Waals surface area contributed by atoms with Crippen molar-refractivity contribution in [3.8, 4) is 0 Å². The van der Waals surface area contributed by atoms with E-state index in [0.717, 1.165) is 25.7 Å². The first-order valence-electron chi connectivity index (χ1n) is 5.78. The van der Waals surface area contributed by atoms with Gasteiger partial charge in [0.25, 0.3) is 0 Å². The average molecular weight is 228 g/mol. The molecular formula is C11H20N2O3. The SMILES string of the molecule is CCC[C@H](NC(=O)CC1(N)CCC1)C(=O)O. The van der Waals surface area contributed by atoms with Crippen LogP contribution in [0.5, 0.6) is 0 Å². The van der Waals surface area contributed by atoms with Gasteiger partial charge in [0, 0.05) is 12.0 Å². The maximum atomic E-state index is 11.6. The Balaban J connectivity index is 2.39. The Bertz CT molecular complexity index is 274. The van der Waals surface area contributed by atoms with Crippen LogP contribution in [0.3, 0.4) is 0 Å². The van der Waals surface area contributed by atoms with Crippen LogP contribution in [0, 0.1) is 0 Å². The summed E-state index contributed by atoms with van der Waals surface area (Å²) in [6.07, 6.45) is 4.18. The molecule has 0 radical (unpaired) electrons. The van der Waals surface area contributed by atoms with Crippen LogP contribution in [-0.2, 0) is 9.59 Å². The molecule has 0 saturated heterocycles. The zero-order valence-electron chi connectivity index (χ0n) is 9.66. The smallest absolute Gasteiger partial charge is 0.326 e. The molecule has 1 aliphatic rings. The van der Waals surface area contributed by atoms with Crippen molar-refractivity contribution in [1.82, 2.24) is 5.32 Å². The van der Waals surface area contributed by atoms with Gasteiger partial charge in [-0.05, 0) is 25.7 Å². The highest BCUT2D eigenvalue weighted by atomic mass is 16.4. The lowest BCUT2D eigenvalue weighted by Crippen LogP contribution is -2.51. The molecule has 4 N–H and O–H groups in total. The van der Waals surface area contributed by atoms with E-state index in [4.69, 9.17) is 10.8 Å². The Hall–Kier alpha value is -1.10. The molecule has 1 saturated carbocycles. The summed E-state index contributed by atoms with van der Waals surface area (Å²) in [5, 5.41) is 11.4. The fourth-order valence-electron chi connectivity index (χ4n) is 1.92. The Morgan fingerprint density at radius 1 is 1.50 bits per heavy atom. The Kier molecular flexibility index (Phi) is 4.29. The molecule has 0 unspecified atom stereocenters. The molecule has 0 aromatic carbocycles. The number of rotatable bonds is 6. The van der Waals surface area contributed by atoms with Crippen LogP contribution in [0.25, 0.3) is 0 Å². The second-order valence-corrected chi connectivity index (χ2v) is 4.64. The zero-order chi connectivity index (χ0) is 12.2. The van der Waals surface area contributed by atoms with Crippen molar-refractivity contribution < 1.29 is 14.7 Å². The fraction of sp³-hybridized carbons (Fsp3) is 0.818. The first-order valence-corrected chi connectivity index (χ1v) is 5.78. The number of carboxylic acid groups (broad SMARTS) is 1. The van der Waals surface area contributed by atoms with Crippen molar-refractivity contribution in [2.45, 2.75) is 57.0 Å². The van der Waals surface area contributed by atoms with Gasteiger partial charge in [-0.2, -0.15) is 0 Å². The predicted octanol–water partition coefficient (Wildman–Crippen LogP) is 0.627. The van der Waals surface area contributed by atoms with E-state index in [1.165, 1.54) is 0 Å². The molecule has 1 atom stereocenters. The van der Waals surface area contributed by atoms with Gasteiger partial charge in [0.15, 0.2) is 0 Å². The summed E-state index contributed by atoms with van der Waals surface area (Å²) in [6.45, 7) is 1.89. The largest absolute Gasteiger partial charge is 0.480 e. The van der Waals surface area contributed by atoms with Crippen LogP contribution in [0.4, 0.5) is 0 Å². The van der Waals surface area contributed by atoms with Crippen molar-refractivity contribution in [3.63, 3.8) is 0 Å². The van der Waals surface area contributed by atoms with E-state index in [-0.39, 0.29) is 17.9 Å². The third-order valence-corrected chi connectivity index (χ3v) is 3.07. The van der Waals surface area contributed by atoms with Gasteiger partial charge in [-0.15, -0.1) is 0 Å². The molecule has 1 fully saturated rings. The van der Waals surface area contributed by atoms with Crippen molar-refractivity contribution >= 4 is 11.9 Å². The molecule has 92 valence electrons. The highest BCUT2D eigenvalue weighted by molar-refractivity contribution is 5.84. The van der Waals surface area contributed by atoms with Crippen LogP contribution >= 0.6 is 0 Å². The van der Waals surface area contributed by atoms with Crippen LogP contribution in [0.15, 0.2) is 0 Å². The molecule has 0 heterocycles. The second kappa shape index (κ2) is 5.30. The van der Waals surface area contributed by atoms with E-state index >= 15 is 0 Å². The van der Waals surface area contributed by atoms with Gasteiger partial charge < -0.3 is 16.2 Å². The number of hydrogen-bond donors (Lipinski definition) is 3. The van der Waals surface area contributed by atoms with Gasteiger partial charge in [0.1, 0.15) is 6.04 Å². The third kappa shape index (κ3) is 3.48. The number of amides is 1. The Morgan fingerprint density at radius 3 is 2.50 bits per heavy atom. The summed E-state index contributed by atoms with van der Waals surface area (Å²) in [5.74, 6) is -1.22. The number of carbonyl (C=O) groups excluding carboxylic acids is 1. The van der Waals surface area contributed by atoms with Gasteiger partial charge in [-0.25, -0.2) is 4.79 Å². The van der Waals surface area contributed by atoms with E-state index < -0.39 is 12.0 Å². The van der Waals surface area contributed by atoms with Crippen LogP contribution in [0.1, 0.15) is 45.4 Å². The van der Waals surface area contributed by atoms with Crippen molar-refractivity contribution in [2.24, 2.45) is 5.73 Å². The summed E-state index contributed by atoms with van der Waals surface area (Å²) >= 11 is 0. The lowest BCUT2D eigenvalue weighted by Gasteiger charge is -2.37.